The molecule has 2 aliphatic rings. The van der Waals surface area contributed by atoms with Crippen LogP contribution in [0, 0.1) is 11.7 Å². The van der Waals surface area contributed by atoms with E-state index < -0.39 is 73.3 Å². The van der Waals surface area contributed by atoms with Crippen molar-refractivity contribution in [1.29, 1.82) is 0 Å². The first-order chi connectivity index (χ1) is 20.3. The van der Waals surface area contributed by atoms with Crippen LogP contribution in [0.3, 0.4) is 0 Å². The number of methoxy groups -OCH3 is 1. The molecule has 1 aromatic carbocycles. The van der Waals surface area contributed by atoms with Crippen LogP contribution in [-0.4, -0.2) is 75.0 Å². The highest BCUT2D eigenvalue weighted by Gasteiger charge is 2.49. The molecule has 0 spiro atoms. The monoisotopic (exact) mass is 617 g/mol. The zero-order valence-corrected chi connectivity index (χ0v) is 23.1. The van der Waals surface area contributed by atoms with Gasteiger partial charge in [-0.25, -0.2) is 32.6 Å². The van der Waals surface area contributed by atoms with E-state index in [0.717, 1.165) is 11.0 Å². The number of aryl methyl sites for hydroxylation is 1. The van der Waals surface area contributed by atoms with Gasteiger partial charge in [0.2, 0.25) is 17.6 Å². The predicted molar refractivity (Wildman–Crippen MR) is 136 cm³/mol. The average Bonchev–Trinajstić information content (AvgIpc) is 3.68. The molecule has 234 valence electrons. The molecular weight excluding hydrogens is 588 g/mol. The molecule has 3 aromatic rings. The number of oxazole rings is 1. The Labute approximate surface area is 240 Å². The standard InChI is InChI=1S/C26H29F6N7O4/c1-3-39-21(33-12-34-39)22(40)37-19(13-4-6-25(28,29)7-5-13)23-35-16-9-14(8-15(27)20(16)43-23)17(11-42-2)38-10-18(26(30,31)32)36-24(38)41/h8-9,12-13,17-19H,3-7,10-11H2,1-2H3,(H,36,41)(H,37,40)/t17-,18+,19+/m1/s1. The van der Waals surface area contributed by atoms with Crippen molar-refractivity contribution >= 4 is 23.0 Å². The molecule has 2 fully saturated rings. The highest BCUT2D eigenvalue weighted by molar-refractivity contribution is 5.91. The maximum absolute atomic E-state index is 15.4. The number of rotatable bonds is 9. The Morgan fingerprint density at radius 3 is 2.63 bits per heavy atom. The molecular formula is C26H29F6N7O4. The van der Waals surface area contributed by atoms with Crippen molar-refractivity contribution in [2.75, 3.05) is 20.3 Å². The molecule has 11 nitrogen and oxygen atoms in total. The van der Waals surface area contributed by atoms with E-state index >= 15 is 4.39 Å². The molecule has 3 amide bonds. The largest absolute Gasteiger partial charge is 0.435 e. The highest BCUT2D eigenvalue weighted by atomic mass is 19.4. The number of halogens is 6. The molecule has 0 radical (unpaired) electrons. The number of benzene rings is 1. The number of nitrogens with zero attached hydrogens (tertiary/aromatic N) is 5. The van der Waals surface area contributed by atoms with E-state index in [1.165, 1.54) is 24.2 Å². The lowest BCUT2D eigenvalue weighted by molar-refractivity contribution is -0.150. The van der Waals surface area contributed by atoms with Crippen molar-refractivity contribution in [3.63, 3.8) is 0 Å². The molecule has 1 aliphatic carbocycles. The molecule has 5 rings (SSSR count). The van der Waals surface area contributed by atoms with Gasteiger partial charge in [-0.15, -0.1) is 0 Å². The Bertz CT molecular complexity index is 1480. The van der Waals surface area contributed by atoms with Crippen molar-refractivity contribution in [2.24, 2.45) is 5.92 Å². The van der Waals surface area contributed by atoms with Gasteiger partial charge in [0.1, 0.15) is 23.9 Å². The van der Waals surface area contributed by atoms with Crippen LogP contribution in [0.1, 0.15) is 66.8 Å². The molecule has 2 aromatic heterocycles. The number of urea groups is 1. The number of nitrogens with one attached hydrogen (secondary N) is 2. The number of hydrogen-bond donors (Lipinski definition) is 2. The lowest BCUT2D eigenvalue weighted by Crippen LogP contribution is -2.40. The Balaban J connectivity index is 1.49. The maximum Gasteiger partial charge on any atom is 0.410 e. The summed E-state index contributed by atoms with van der Waals surface area (Å²) in [6, 6.07) is -2.89. The minimum Gasteiger partial charge on any atom is -0.435 e. The summed E-state index contributed by atoms with van der Waals surface area (Å²) >= 11 is 0. The SMILES string of the molecule is CCn1ncnc1C(=O)N[C@H](c1nc2cc([C@@H](COC)N3C[C@@H](C(F)(F)F)NC3=O)cc(F)c2o1)C1CCC(F)(F)CC1. The van der Waals surface area contributed by atoms with Crippen molar-refractivity contribution in [3.8, 4) is 0 Å². The van der Waals surface area contributed by atoms with Gasteiger partial charge in [0.05, 0.1) is 19.2 Å². The lowest BCUT2D eigenvalue weighted by Gasteiger charge is -2.32. The van der Waals surface area contributed by atoms with E-state index in [2.05, 4.69) is 20.4 Å². The Morgan fingerprint density at radius 1 is 1.28 bits per heavy atom. The molecule has 2 N–H and O–H groups in total. The van der Waals surface area contributed by atoms with Crippen LogP contribution >= 0.6 is 0 Å². The summed E-state index contributed by atoms with van der Waals surface area (Å²) in [7, 11) is 1.28. The first-order valence-corrected chi connectivity index (χ1v) is 13.6. The van der Waals surface area contributed by atoms with Crippen molar-refractivity contribution in [1.82, 2.24) is 35.3 Å². The molecule has 17 heteroatoms. The minimum atomic E-state index is -4.69. The molecule has 3 atom stereocenters. The number of aromatic nitrogens is 4. The second kappa shape index (κ2) is 11.7. The topological polar surface area (TPSA) is 127 Å². The molecule has 43 heavy (non-hydrogen) atoms. The lowest BCUT2D eigenvalue weighted by atomic mass is 9.82. The number of fused-ring (bicyclic) bond motifs is 1. The number of amides is 3. The van der Waals surface area contributed by atoms with Crippen LogP contribution in [0.25, 0.3) is 11.1 Å². The van der Waals surface area contributed by atoms with Gasteiger partial charge in [0, 0.05) is 26.5 Å². The Kier molecular flexibility index (Phi) is 8.28. The van der Waals surface area contributed by atoms with Gasteiger partial charge in [-0.05, 0) is 43.4 Å². The molecule has 1 saturated heterocycles. The molecule has 1 aliphatic heterocycles. The fourth-order valence-corrected chi connectivity index (χ4v) is 5.54. The minimum absolute atomic E-state index is 0.0191. The number of ether oxygens (including phenoxy) is 1. The molecule has 0 unspecified atom stereocenters. The summed E-state index contributed by atoms with van der Waals surface area (Å²) in [6.07, 6.45) is -4.31. The number of hydrogen-bond acceptors (Lipinski definition) is 7. The maximum atomic E-state index is 15.4. The van der Waals surface area contributed by atoms with Crippen molar-refractivity contribution in [2.45, 2.75) is 69.4 Å². The van der Waals surface area contributed by atoms with Gasteiger partial charge in [-0.2, -0.15) is 18.3 Å². The first kappa shape index (κ1) is 30.6. The zero-order valence-electron chi connectivity index (χ0n) is 23.1. The first-order valence-electron chi connectivity index (χ1n) is 13.6. The second-order valence-corrected chi connectivity index (χ2v) is 10.6. The van der Waals surface area contributed by atoms with Crippen LogP contribution in [0.4, 0.5) is 31.1 Å². The van der Waals surface area contributed by atoms with E-state index in [4.69, 9.17) is 9.15 Å². The summed E-state index contributed by atoms with van der Waals surface area (Å²) in [5, 5.41) is 8.58. The molecule has 1 saturated carbocycles. The fraction of sp³-hybridized carbons (Fsp3) is 0.577. The number of carbonyl (C=O) groups excluding carboxylic acids is 2. The fourth-order valence-electron chi connectivity index (χ4n) is 5.54. The Morgan fingerprint density at radius 2 is 2.00 bits per heavy atom. The van der Waals surface area contributed by atoms with Gasteiger partial charge in [-0.1, -0.05) is 0 Å². The number of alkyl halides is 5. The van der Waals surface area contributed by atoms with Gasteiger partial charge >= 0.3 is 12.2 Å². The average molecular weight is 618 g/mol. The van der Waals surface area contributed by atoms with Crippen molar-refractivity contribution in [3.05, 3.63) is 41.6 Å². The van der Waals surface area contributed by atoms with Gasteiger partial charge in [-0.3, -0.25) is 4.79 Å². The highest BCUT2D eigenvalue weighted by Crippen LogP contribution is 2.42. The number of carbonyl (C=O) groups is 2. The summed E-state index contributed by atoms with van der Waals surface area (Å²) in [5.41, 5.74) is -0.264. The Hall–Kier alpha value is -3.89. The third-order valence-electron chi connectivity index (χ3n) is 7.81. The van der Waals surface area contributed by atoms with E-state index in [-0.39, 0.29) is 47.8 Å². The van der Waals surface area contributed by atoms with Gasteiger partial charge in [0.25, 0.3) is 5.91 Å². The zero-order chi connectivity index (χ0) is 31.1. The summed E-state index contributed by atoms with van der Waals surface area (Å²) in [5.74, 6) is -5.15. The van der Waals surface area contributed by atoms with Crippen molar-refractivity contribution < 1.29 is 45.1 Å². The van der Waals surface area contributed by atoms with Gasteiger partial charge in [0.15, 0.2) is 11.4 Å². The van der Waals surface area contributed by atoms with Crippen LogP contribution < -0.4 is 10.6 Å². The van der Waals surface area contributed by atoms with E-state index in [1.54, 1.807) is 6.92 Å². The summed E-state index contributed by atoms with van der Waals surface area (Å²) in [6.45, 7) is 1.12. The van der Waals surface area contributed by atoms with E-state index in [0.29, 0.717) is 6.54 Å². The van der Waals surface area contributed by atoms with Gasteiger partial charge < -0.3 is 24.7 Å². The van der Waals surface area contributed by atoms with Crippen LogP contribution in [0.15, 0.2) is 22.9 Å². The van der Waals surface area contributed by atoms with Crippen LogP contribution in [-0.2, 0) is 11.3 Å². The summed E-state index contributed by atoms with van der Waals surface area (Å²) in [4.78, 5) is 34.8. The normalized spacial score (nSPS) is 20.8. The smallest absolute Gasteiger partial charge is 0.410 e. The quantitative estimate of drug-likeness (QED) is 0.338. The molecule has 0 bridgehead atoms. The third kappa shape index (κ3) is 6.26. The molecule has 3 heterocycles. The second-order valence-electron chi connectivity index (χ2n) is 10.6. The van der Waals surface area contributed by atoms with Crippen LogP contribution in [0.5, 0.6) is 0 Å². The van der Waals surface area contributed by atoms with E-state index in [9.17, 15) is 31.5 Å². The van der Waals surface area contributed by atoms with E-state index in [1.807, 2.05) is 5.32 Å². The van der Waals surface area contributed by atoms with Crippen LogP contribution in [0.2, 0.25) is 0 Å². The third-order valence-corrected chi connectivity index (χ3v) is 7.81. The predicted octanol–water partition coefficient (Wildman–Crippen LogP) is 4.52. The summed E-state index contributed by atoms with van der Waals surface area (Å²) < 4.78 is 95.5.